The van der Waals surface area contributed by atoms with E-state index in [0.29, 0.717) is 22.9 Å². The van der Waals surface area contributed by atoms with Crippen LogP contribution in [0, 0.1) is 0 Å². The normalized spacial score (nSPS) is 27.1. The van der Waals surface area contributed by atoms with Crippen molar-refractivity contribution >= 4 is 54.2 Å². The third kappa shape index (κ3) is 4.18. The molecule has 140 valence electrons. The standard InChI is InChI=1S/C16H18N2O4S4/c19-25(20)7-5-11(9-25)23-15-16(24-12-6-8-26(21,22)10-12)18-14-4-2-1-3-13(14)17-15/h1-4,11-12H,5-10H2/t11-,12-/m1/s1. The Morgan fingerprint density at radius 2 is 1.19 bits per heavy atom. The number of hydrogen-bond acceptors (Lipinski definition) is 8. The first-order valence-electron chi connectivity index (χ1n) is 8.31. The van der Waals surface area contributed by atoms with Crippen LogP contribution in [0.15, 0.2) is 34.3 Å². The lowest BCUT2D eigenvalue weighted by molar-refractivity contribution is 0.600. The number of hydrogen-bond donors (Lipinski definition) is 0. The van der Waals surface area contributed by atoms with Crippen LogP contribution in [0.4, 0.5) is 0 Å². The summed E-state index contributed by atoms with van der Waals surface area (Å²) in [6.45, 7) is 0. The minimum absolute atomic E-state index is 0.0258. The molecule has 3 heterocycles. The van der Waals surface area contributed by atoms with Crippen molar-refractivity contribution in [2.75, 3.05) is 23.0 Å². The van der Waals surface area contributed by atoms with E-state index in [2.05, 4.69) is 0 Å². The van der Waals surface area contributed by atoms with Gasteiger partial charge in [0, 0.05) is 10.5 Å². The SMILES string of the molecule is O=S1(=O)CC[C@@H](Sc2nc3ccccc3nc2S[C@@H]2CCS(=O)(=O)C2)C1. The van der Waals surface area contributed by atoms with Gasteiger partial charge in [-0.2, -0.15) is 0 Å². The van der Waals surface area contributed by atoms with Gasteiger partial charge in [-0.25, -0.2) is 26.8 Å². The minimum Gasteiger partial charge on any atom is -0.237 e. The summed E-state index contributed by atoms with van der Waals surface area (Å²) in [5.41, 5.74) is 1.53. The van der Waals surface area contributed by atoms with E-state index in [1.165, 1.54) is 23.5 Å². The summed E-state index contributed by atoms with van der Waals surface area (Å²) >= 11 is 2.91. The third-order valence-electron chi connectivity index (χ3n) is 4.45. The molecule has 0 unspecified atom stereocenters. The molecule has 1 aromatic heterocycles. The van der Waals surface area contributed by atoms with Gasteiger partial charge >= 0.3 is 0 Å². The number of fused-ring (bicyclic) bond motifs is 1. The molecule has 2 aliphatic heterocycles. The second-order valence-corrected chi connectivity index (χ2v) is 13.6. The maximum atomic E-state index is 11.8. The number of nitrogens with zero attached hydrogens (tertiary/aromatic N) is 2. The van der Waals surface area contributed by atoms with E-state index in [-0.39, 0.29) is 33.5 Å². The van der Waals surface area contributed by atoms with E-state index in [1.54, 1.807) is 0 Å². The molecule has 0 bridgehead atoms. The van der Waals surface area contributed by atoms with E-state index in [0.717, 1.165) is 11.0 Å². The summed E-state index contributed by atoms with van der Waals surface area (Å²) in [5.74, 6) is 0.756. The smallest absolute Gasteiger partial charge is 0.151 e. The van der Waals surface area contributed by atoms with Crippen LogP contribution in [-0.2, 0) is 19.7 Å². The number of benzene rings is 1. The maximum Gasteiger partial charge on any atom is 0.151 e. The number of aromatic nitrogens is 2. The average molecular weight is 431 g/mol. The van der Waals surface area contributed by atoms with Crippen LogP contribution >= 0.6 is 23.5 Å². The molecule has 0 N–H and O–H groups in total. The molecule has 0 saturated carbocycles. The molecule has 0 spiro atoms. The number of sulfone groups is 2. The minimum atomic E-state index is -2.96. The average Bonchev–Trinajstić information content (AvgIpc) is 3.09. The number of rotatable bonds is 4. The van der Waals surface area contributed by atoms with E-state index in [4.69, 9.17) is 9.97 Å². The van der Waals surface area contributed by atoms with Crippen molar-refractivity contribution in [3.05, 3.63) is 24.3 Å². The highest BCUT2D eigenvalue weighted by Crippen LogP contribution is 2.39. The van der Waals surface area contributed by atoms with Gasteiger partial charge in [-0.05, 0) is 25.0 Å². The zero-order valence-corrected chi connectivity index (χ0v) is 17.1. The summed E-state index contributed by atoms with van der Waals surface area (Å²) in [5, 5.41) is 1.37. The highest BCUT2D eigenvalue weighted by molar-refractivity contribution is 8.04. The summed E-state index contributed by atoms with van der Waals surface area (Å²) in [6.07, 6.45) is 1.23. The predicted octanol–water partition coefficient (Wildman–Crippen LogP) is 2.19. The monoisotopic (exact) mass is 430 g/mol. The second kappa shape index (κ2) is 6.96. The lowest BCUT2D eigenvalue weighted by Gasteiger charge is -2.14. The van der Waals surface area contributed by atoms with Crippen molar-refractivity contribution in [2.45, 2.75) is 33.4 Å². The second-order valence-electron chi connectivity index (χ2n) is 6.61. The van der Waals surface area contributed by atoms with Gasteiger partial charge < -0.3 is 0 Å². The van der Waals surface area contributed by atoms with Crippen molar-refractivity contribution in [3.63, 3.8) is 0 Å². The highest BCUT2D eigenvalue weighted by atomic mass is 32.2. The van der Waals surface area contributed by atoms with Gasteiger partial charge in [0.15, 0.2) is 19.7 Å². The Balaban J connectivity index is 1.65. The Morgan fingerprint density at radius 1 is 0.769 bits per heavy atom. The summed E-state index contributed by atoms with van der Waals surface area (Å²) in [7, 11) is -5.93. The number of para-hydroxylation sites is 2. The summed E-state index contributed by atoms with van der Waals surface area (Å²) < 4.78 is 47.0. The lowest BCUT2D eigenvalue weighted by atomic mass is 10.3. The zero-order chi connectivity index (χ0) is 18.4. The summed E-state index contributed by atoms with van der Waals surface area (Å²) in [6, 6.07) is 7.54. The van der Waals surface area contributed by atoms with Gasteiger partial charge in [0.05, 0.1) is 34.0 Å². The van der Waals surface area contributed by atoms with E-state index < -0.39 is 19.7 Å². The van der Waals surface area contributed by atoms with Crippen LogP contribution < -0.4 is 0 Å². The maximum absolute atomic E-state index is 11.8. The van der Waals surface area contributed by atoms with Gasteiger partial charge in [-0.1, -0.05) is 35.7 Å². The summed E-state index contributed by atoms with van der Waals surface area (Å²) in [4.78, 5) is 9.40. The van der Waals surface area contributed by atoms with Gasteiger partial charge in [0.1, 0.15) is 10.1 Å². The van der Waals surface area contributed by atoms with Crippen molar-refractivity contribution in [1.29, 1.82) is 0 Å². The molecule has 2 atom stereocenters. The van der Waals surface area contributed by atoms with Crippen LogP contribution in [0.5, 0.6) is 0 Å². The van der Waals surface area contributed by atoms with E-state index in [9.17, 15) is 16.8 Å². The fourth-order valence-electron chi connectivity index (χ4n) is 3.14. The van der Waals surface area contributed by atoms with Crippen LogP contribution in [0.2, 0.25) is 0 Å². The molecule has 6 nitrogen and oxygen atoms in total. The van der Waals surface area contributed by atoms with Gasteiger partial charge in [-0.3, -0.25) is 0 Å². The molecule has 2 saturated heterocycles. The first-order chi connectivity index (χ1) is 12.3. The Bertz CT molecular complexity index is 969. The first-order valence-corrected chi connectivity index (χ1v) is 13.7. The molecule has 10 heteroatoms. The van der Waals surface area contributed by atoms with E-state index >= 15 is 0 Å². The van der Waals surface area contributed by atoms with Gasteiger partial charge in [0.2, 0.25) is 0 Å². The molecule has 2 aliphatic rings. The van der Waals surface area contributed by atoms with Gasteiger partial charge in [0.25, 0.3) is 0 Å². The quantitative estimate of drug-likeness (QED) is 0.729. The molecule has 1 aromatic carbocycles. The van der Waals surface area contributed by atoms with Crippen molar-refractivity contribution in [1.82, 2.24) is 9.97 Å². The Hall–Kier alpha value is -0.840. The largest absolute Gasteiger partial charge is 0.237 e. The first kappa shape index (κ1) is 18.5. The fraction of sp³-hybridized carbons (Fsp3) is 0.500. The topological polar surface area (TPSA) is 94.1 Å². The predicted molar refractivity (Wildman–Crippen MR) is 105 cm³/mol. The van der Waals surface area contributed by atoms with Crippen molar-refractivity contribution < 1.29 is 16.8 Å². The molecule has 0 radical (unpaired) electrons. The zero-order valence-electron chi connectivity index (χ0n) is 13.9. The molecular formula is C16H18N2O4S4. The Morgan fingerprint density at radius 3 is 1.54 bits per heavy atom. The number of thioether (sulfide) groups is 2. The highest BCUT2D eigenvalue weighted by Gasteiger charge is 2.32. The molecule has 26 heavy (non-hydrogen) atoms. The lowest BCUT2D eigenvalue weighted by Crippen LogP contribution is -2.09. The van der Waals surface area contributed by atoms with Crippen LogP contribution in [-0.4, -0.2) is 60.3 Å². The van der Waals surface area contributed by atoms with Gasteiger partial charge in [-0.15, -0.1) is 0 Å². The Labute approximate surface area is 161 Å². The molecule has 2 aromatic rings. The van der Waals surface area contributed by atoms with E-state index in [1.807, 2.05) is 24.3 Å². The molecule has 4 rings (SSSR count). The molecular weight excluding hydrogens is 412 g/mol. The van der Waals surface area contributed by atoms with Crippen LogP contribution in [0.1, 0.15) is 12.8 Å². The van der Waals surface area contributed by atoms with Crippen molar-refractivity contribution in [3.8, 4) is 0 Å². The third-order valence-corrected chi connectivity index (χ3v) is 11.0. The van der Waals surface area contributed by atoms with Crippen molar-refractivity contribution in [2.24, 2.45) is 0 Å². The molecule has 2 fully saturated rings. The Kier molecular flexibility index (Phi) is 4.96. The fourth-order valence-corrected chi connectivity index (χ4v) is 10.3. The molecule has 0 amide bonds. The molecule has 0 aliphatic carbocycles. The van der Waals surface area contributed by atoms with Crippen LogP contribution in [0.25, 0.3) is 11.0 Å². The van der Waals surface area contributed by atoms with Crippen LogP contribution in [0.3, 0.4) is 0 Å².